The first kappa shape index (κ1) is 18.1. The molecule has 0 aliphatic rings. The lowest BCUT2D eigenvalue weighted by Crippen LogP contribution is -2.56. The predicted octanol–water partition coefficient (Wildman–Crippen LogP) is 3.18. The van der Waals surface area contributed by atoms with Gasteiger partial charge in [-0.05, 0) is 39.0 Å². The lowest BCUT2D eigenvalue weighted by atomic mass is 10.1. The Kier molecular flexibility index (Phi) is 5.17. The molecule has 0 aromatic heterocycles. The number of hydrogen-bond donors (Lipinski definition) is 1. The van der Waals surface area contributed by atoms with Crippen LogP contribution in [-0.4, -0.2) is 27.3 Å². The Labute approximate surface area is 145 Å². The fourth-order valence-electron chi connectivity index (χ4n) is 2.21. The van der Waals surface area contributed by atoms with Crippen LogP contribution in [0.4, 0.5) is 5.69 Å². The van der Waals surface area contributed by atoms with Crippen molar-refractivity contribution in [1.82, 2.24) is 10.4 Å². The van der Waals surface area contributed by atoms with Crippen LogP contribution in [0.25, 0.3) is 0 Å². The molecule has 0 fully saturated rings. The molecule has 0 bridgehead atoms. The third-order valence-corrected chi connectivity index (χ3v) is 3.45. The zero-order chi connectivity index (χ0) is 18.6. The molecule has 2 aromatic rings. The summed E-state index contributed by atoms with van der Waals surface area (Å²) in [5.41, 5.74) is 1.76. The van der Waals surface area contributed by atoms with E-state index in [2.05, 4.69) is 5.43 Å². The number of nitrogens with one attached hydrogen (secondary N) is 1. The number of hydrogen-bond acceptors (Lipinski definition) is 4. The fraction of sp³-hybridized carbons (Fsp3) is 0.222. The lowest BCUT2D eigenvalue weighted by Gasteiger charge is -2.35. The lowest BCUT2D eigenvalue weighted by molar-refractivity contribution is -0.385. The maximum atomic E-state index is 12.9. The minimum atomic E-state index is -0.786. The van der Waals surface area contributed by atoms with E-state index in [0.717, 1.165) is 5.01 Å². The summed E-state index contributed by atoms with van der Waals surface area (Å²) in [5.74, 6) is -1.12. The monoisotopic (exact) mass is 341 g/mol. The van der Waals surface area contributed by atoms with E-state index in [-0.39, 0.29) is 11.3 Å². The van der Waals surface area contributed by atoms with Crippen molar-refractivity contribution in [2.24, 2.45) is 0 Å². The molecule has 7 nitrogen and oxygen atoms in total. The van der Waals surface area contributed by atoms with Crippen LogP contribution in [0.1, 0.15) is 41.5 Å². The molecule has 0 aliphatic heterocycles. The van der Waals surface area contributed by atoms with Crippen molar-refractivity contribution in [1.29, 1.82) is 0 Å². The van der Waals surface area contributed by atoms with Crippen molar-refractivity contribution in [2.75, 3.05) is 0 Å². The van der Waals surface area contributed by atoms with Crippen molar-refractivity contribution in [3.8, 4) is 0 Å². The minimum absolute atomic E-state index is 0.0872. The Morgan fingerprint density at radius 2 is 1.56 bits per heavy atom. The van der Waals surface area contributed by atoms with Gasteiger partial charge in [-0.15, -0.1) is 0 Å². The van der Waals surface area contributed by atoms with Crippen molar-refractivity contribution >= 4 is 17.5 Å². The summed E-state index contributed by atoms with van der Waals surface area (Å²) in [6.07, 6.45) is 0. The first-order valence-electron chi connectivity index (χ1n) is 7.66. The van der Waals surface area contributed by atoms with Crippen molar-refractivity contribution in [3.05, 3.63) is 75.8 Å². The number of carbonyl (C=O) groups is 2. The number of nitro groups is 1. The second-order valence-corrected chi connectivity index (χ2v) is 6.39. The quantitative estimate of drug-likeness (QED) is 0.685. The average Bonchev–Trinajstić information content (AvgIpc) is 2.58. The smallest absolute Gasteiger partial charge is 0.267 e. The molecular weight excluding hydrogens is 322 g/mol. The van der Waals surface area contributed by atoms with Crippen molar-refractivity contribution in [2.45, 2.75) is 26.3 Å². The van der Waals surface area contributed by atoms with E-state index in [0.29, 0.717) is 5.56 Å². The van der Waals surface area contributed by atoms with E-state index in [4.69, 9.17) is 0 Å². The molecule has 2 rings (SSSR count). The number of nitrogens with zero attached hydrogens (tertiary/aromatic N) is 2. The van der Waals surface area contributed by atoms with Gasteiger partial charge in [0.1, 0.15) is 5.56 Å². The molecule has 0 heterocycles. The van der Waals surface area contributed by atoms with E-state index >= 15 is 0 Å². The second kappa shape index (κ2) is 7.12. The Hall–Kier alpha value is -3.22. The summed E-state index contributed by atoms with van der Waals surface area (Å²) in [6, 6.07) is 14.1. The van der Waals surface area contributed by atoms with Gasteiger partial charge in [0.15, 0.2) is 0 Å². The van der Waals surface area contributed by atoms with Crippen LogP contribution in [0, 0.1) is 10.1 Å². The highest BCUT2D eigenvalue weighted by Crippen LogP contribution is 2.22. The summed E-state index contributed by atoms with van der Waals surface area (Å²) in [4.78, 5) is 35.9. The topological polar surface area (TPSA) is 92.6 Å². The number of amides is 2. The van der Waals surface area contributed by atoms with Crippen LogP contribution in [0.15, 0.2) is 54.6 Å². The van der Waals surface area contributed by atoms with Gasteiger partial charge in [0, 0.05) is 11.6 Å². The molecule has 2 amide bonds. The molecule has 1 N–H and O–H groups in total. The molecule has 2 aromatic carbocycles. The molecule has 7 heteroatoms. The normalized spacial score (nSPS) is 10.8. The highest BCUT2D eigenvalue weighted by molar-refractivity contribution is 6.01. The summed E-state index contributed by atoms with van der Waals surface area (Å²) in [5, 5.41) is 12.3. The second-order valence-electron chi connectivity index (χ2n) is 6.39. The zero-order valence-corrected chi connectivity index (χ0v) is 14.2. The van der Waals surface area contributed by atoms with E-state index in [1.54, 1.807) is 57.2 Å². The Morgan fingerprint density at radius 3 is 2.12 bits per heavy atom. The maximum Gasteiger partial charge on any atom is 0.282 e. The summed E-state index contributed by atoms with van der Waals surface area (Å²) >= 11 is 0. The molecule has 0 spiro atoms. The fourth-order valence-corrected chi connectivity index (χ4v) is 2.21. The largest absolute Gasteiger partial charge is 0.282 e. The van der Waals surface area contributed by atoms with Gasteiger partial charge in [0.05, 0.1) is 10.5 Å². The van der Waals surface area contributed by atoms with Gasteiger partial charge in [-0.1, -0.05) is 30.3 Å². The van der Waals surface area contributed by atoms with Crippen LogP contribution < -0.4 is 5.43 Å². The number of benzene rings is 2. The van der Waals surface area contributed by atoms with Gasteiger partial charge in [0.25, 0.3) is 17.5 Å². The van der Waals surface area contributed by atoms with E-state index < -0.39 is 22.3 Å². The van der Waals surface area contributed by atoms with Gasteiger partial charge >= 0.3 is 0 Å². The SMILES string of the molecule is CC(C)(C)N(NC(=O)c1ccccc1)C(=O)c1ccccc1[N+](=O)[O-]. The molecule has 0 saturated heterocycles. The first-order chi connectivity index (χ1) is 11.7. The van der Waals surface area contributed by atoms with E-state index in [1.807, 2.05) is 0 Å². The van der Waals surface area contributed by atoms with E-state index in [9.17, 15) is 19.7 Å². The number of nitro benzene ring substituents is 1. The van der Waals surface area contributed by atoms with Gasteiger partial charge in [-0.3, -0.25) is 25.1 Å². The third kappa shape index (κ3) is 4.20. The first-order valence-corrected chi connectivity index (χ1v) is 7.66. The Bertz CT molecular complexity index is 797. The molecule has 130 valence electrons. The highest BCUT2D eigenvalue weighted by atomic mass is 16.6. The highest BCUT2D eigenvalue weighted by Gasteiger charge is 2.33. The van der Waals surface area contributed by atoms with Gasteiger partial charge in [-0.2, -0.15) is 0 Å². The number of para-hydroxylation sites is 1. The predicted molar refractivity (Wildman–Crippen MR) is 92.9 cm³/mol. The van der Waals surface area contributed by atoms with E-state index in [1.165, 1.54) is 18.2 Å². The summed E-state index contributed by atoms with van der Waals surface area (Å²) < 4.78 is 0. The van der Waals surface area contributed by atoms with Crippen molar-refractivity contribution < 1.29 is 14.5 Å². The molecule has 0 radical (unpaired) electrons. The molecule has 0 unspecified atom stereocenters. The Morgan fingerprint density at radius 1 is 1.00 bits per heavy atom. The van der Waals surface area contributed by atoms with Crippen LogP contribution in [0.2, 0.25) is 0 Å². The molecule has 25 heavy (non-hydrogen) atoms. The molecular formula is C18H19N3O4. The van der Waals surface area contributed by atoms with Gasteiger partial charge < -0.3 is 0 Å². The summed E-state index contributed by atoms with van der Waals surface area (Å²) in [6.45, 7) is 5.18. The van der Waals surface area contributed by atoms with Crippen molar-refractivity contribution in [3.63, 3.8) is 0 Å². The number of rotatable bonds is 3. The molecule has 0 saturated carbocycles. The standard InChI is InChI=1S/C18H19N3O4/c1-18(2,3)20(19-16(22)13-9-5-4-6-10-13)17(23)14-11-7-8-12-15(14)21(24)25/h4-12H,1-3H3,(H,19,22). The number of carbonyl (C=O) groups excluding carboxylic acids is 2. The zero-order valence-electron chi connectivity index (χ0n) is 14.2. The third-order valence-electron chi connectivity index (χ3n) is 3.45. The molecule has 0 aliphatic carbocycles. The molecule has 0 atom stereocenters. The number of hydrazine groups is 1. The van der Waals surface area contributed by atoms with Crippen LogP contribution >= 0.6 is 0 Å². The summed E-state index contributed by atoms with van der Waals surface area (Å²) in [7, 11) is 0. The van der Waals surface area contributed by atoms with Crippen LogP contribution in [0.3, 0.4) is 0 Å². The minimum Gasteiger partial charge on any atom is -0.267 e. The average molecular weight is 341 g/mol. The van der Waals surface area contributed by atoms with Crippen LogP contribution in [0.5, 0.6) is 0 Å². The van der Waals surface area contributed by atoms with Crippen LogP contribution in [-0.2, 0) is 0 Å². The van der Waals surface area contributed by atoms with Gasteiger partial charge in [-0.25, -0.2) is 5.01 Å². The Balaban J connectivity index is 2.37. The maximum absolute atomic E-state index is 12.9. The van der Waals surface area contributed by atoms with Gasteiger partial charge in [0.2, 0.25) is 0 Å².